The summed E-state index contributed by atoms with van der Waals surface area (Å²) in [5, 5.41) is 2.54. The van der Waals surface area contributed by atoms with Gasteiger partial charge in [0.1, 0.15) is 0 Å². The number of nitrogens with one attached hydrogen (secondary N) is 1. The Balaban J connectivity index is 2.06. The van der Waals surface area contributed by atoms with E-state index in [4.69, 9.17) is 10.5 Å². The molecule has 2 aromatic rings. The van der Waals surface area contributed by atoms with E-state index in [1.807, 2.05) is 0 Å². The maximum atomic E-state index is 12.3. The molecule has 0 heterocycles. The summed E-state index contributed by atoms with van der Waals surface area (Å²) in [6.45, 7) is 1.38. The topological polar surface area (TPSA) is 136 Å². The van der Waals surface area contributed by atoms with Crippen LogP contribution in [-0.2, 0) is 19.6 Å². The number of amides is 2. The standard InChI is InChI=1S/C19H21N3O6S/c1-12(18(24)21-15-9-7-13(8-10-15)17(20)23)28-19(25)14-5-4-6-16(11-14)29(26,27)22(2)3/h4-12H,1-3H3,(H2,20,23)(H,21,24)/t12-/m0/s1. The third-order valence-corrected chi connectivity index (χ3v) is 5.75. The lowest BCUT2D eigenvalue weighted by molar-refractivity contribution is -0.123. The Hall–Kier alpha value is -3.24. The van der Waals surface area contributed by atoms with E-state index in [9.17, 15) is 22.8 Å². The van der Waals surface area contributed by atoms with Gasteiger partial charge in [-0.2, -0.15) is 0 Å². The van der Waals surface area contributed by atoms with Crippen molar-refractivity contribution in [1.82, 2.24) is 4.31 Å². The van der Waals surface area contributed by atoms with Crippen molar-refractivity contribution in [1.29, 1.82) is 0 Å². The van der Waals surface area contributed by atoms with Gasteiger partial charge in [0.15, 0.2) is 6.10 Å². The van der Waals surface area contributed by atoms with Crippen molar-refractivity contribution in [3.63, 3.8) is 0 Å². The monoisotopic (exact) mass is 419 g/mol. The van der Waals surface area contributed by atoms with Crippen LogP contribution in [0.15, 0.2) is 53.4 Å². The average Bonchev–Trinajstić information content (AvgIpc) is 2.68. The number of hydrogen-bond donors (Lipinski definition) is 2. The van der Waals surface area contributed by atoms with E-state index >= 15 is 0 Å². The molecule has 1 atom stereocenters. The van der Waals surface area contributed by atoms with Gasteiger partial charge in [-0.3, -0.25) is 9.59 Å². The summed E-state index contributed by atoms with van der Waals surface area (Å²) in [4.78, 5) is 35.5. The third-order valence-electron chi connectivity index (χ3n) is 3.94. The number of rotatable bonds is 7. The van der Waals surface area contributed by atoms with Crippen molar-refractivity contribution in [3.05, 3.63) is 59.7 Å². The summed E-state index contributed by atoms with van der Waals surface area (Å²) in [6.07, 6.45) is -1.15. The van der Waals surface area contributed by atoms with E-state index in [1.165, 1.54) is 69.6 Å². The number of anilines is 1. The zero-order chi connectivity index (χ0) is 21.8. The summed E-state index contributed by atoms with van der Waals surface area (Å²) < 4.78 is 30.5. The number of carbonyl (C=O) groups excluding carboxylic acids is 3. The van der Waals surface area contributed by atoms with E-state index in [-0.39, 0.29) is 16.0 Å². The highest BCUT2D eigenvalue weighted by Crippen LogP contribution is 2.16. The van der Waals surface area contributed by atoms with E-state index < -0.39 is 33.9 Å². The molecule has 0 aliphatic rings. The number of nitrogens with two attached hydrogens (primary N) is 1. The first kappa shape index (κ1) is 22.1. The number of esters is 1. The minimum absolute atomic E-state index is 0.00149. The summed E-state index contributed by atoms with van der Waals surface area (Å²) in [7, 11) is -0.959. The molecule has 0 aromatic heterocycles. The molecule has 0 unspecified atom stereocenters. The maximum Gasteiger partial charge on any atom is 0.338 e. The molecule has 0 bridgehead atoms. The largest absolute Gasteiger partial charge is 0.449 e. The van der Waals surface area contributed by atoms with Gasteiger partial charge >= 0.3 is 5.97 Å². The molecule has 10 heteroatoms. The van der Waals surface area contributed by atoms with Crippen LogP contribution in [0.5, 0.6) is 0 Å². The molecule has 0 aliphatic carbocycles. The van der Waals surface area contributed by atoms with E-state index in [0.717, 1.165) is 4.31 Å². The molecular weight excluding hydrogens is 398 g/mol. The van der Waals surface area contributed by atoms with E-state index in [2.05, 4.69) is 5.32 Å². The Kier molecular flexibility index (Phi) is 6.72. The Bertz CT molecular complexity index is 1030. The Morgan fingerprint density at radius 3 is 2.21 bits per heavy atom. The molecular formula is C19H21N3O6S. The van der Waals surface area contributed by atoms with Crippen molar-refractivity contribution in [2.24, 2.45) is 5.73 Å². The molecule has 0 fully saturated rings. The van der Waals surface area contributed by atoms with Crippen molar-refractivity contribution < 1.29 is 27.5 Å². The van der Waals surface area contributed by atoms with Gasteiger partial charge in [0.2, 0.25) is 15.9 Å². The summed E-state index contributed by atoms with van der Waals surface area (Å²) in [5.41, 5.74) is 5.83. The fourth-order valence-electron chi connectivity index (χ4n) is 2.24. The fraction of sp³-hybridized carbons (Fsp3) is 0.211. The molecule has 2 aromatic carbocycles. The highest BCUT2D eigenvalue weighted by Gasteiger charge is 2.22. The van der Waals surface area contributed by atoms with Crippen LogP contribution in [0.1, 0.15) is 27.6 Å². The number of hydrogen-bond acceptors (Lipinski definition) is 6. The summed E-state index contributed by atoms with van der Waals surface area (Å²) >= 11 is 0. The van der Waals surface area contributed by atoms with Crippen molar-refractivity contribution >= 4 is 33.5 Å². The van der Waals surface area contributed by atoms with Gasteiger partial charge in [-0.25, -0.2) is 17.5 Å². The summed E-state index contributed by atoms with van der Waals surface area (Å²) in [5.74, 6) is -2.03. The molecule has 29 heavy (non-hydrogen) atoms. The first-order valence-electron chi connectivity index (χ1n) is 8.46. The van der Waals surface area contributed by atoms with Gasteiger partial charge in [-0.1, -0.05) is 6.07 Å². The van der Waals surface area contributed by atoms with E-state index in [0.29, 0.717) is 5.69 Å². The second-order valence-electron chi connectivity index (χ2n) is 6.29. The molecule has 0 aliphatic heterocycles. The minimum Gasteiger partial charge on any atom is -0.449 e. The fourth-order valence-corrected chi connectivity index (χ4v) is 3.19. The van der Waals surface area contributed by atoms with Crippen LogP contribution in [0.4, 0.5) is 5.69 Å². The van der Waals surface area contributed by atoms with Crippen molar-refractivity contribution in [2.45, 2.75) is 17.9 Å². The van der Waals surface area contributed by atoms with Crippen LogP contribution >= 0.6 is 0 Å². The van der Waals surface area contributed by atoms with Gasteiger partial charge in [0.05, 0.1) is 10.5 Å². The number of primary amides is 1. The number of sulfonamides is 1. The second-order valence-corrected chi connectivity index (χ2v) is 8.45. The number of carbonyl (C=O) groups is 3. The van der Waals surface area contributed by atoms with Gasteiger partial charge in [0, 0.05) is 25.3 Å². The minimum atomic E-state index is -3.71. The quantitative estimate of drug-likeness (QED) is 0.648. The first-order valence-corrected chi connectivity index (χ1v) is 9.90. The Labute approximate surface area is 168 Å². The van der Waals surface area contributed by atoms with Crippen molar-refractivity contribution in [3.8, 4) is 0 Å². The van der Waals surface area contributed by atoms with Crippen LogP contribution in [-0.4, -0.2) is 50.7 Å². The summed E-state index contributed by atoms with van der Waals surface area (Å²) in [6, 6.07) is 11.2. The van der Waals surface area contributed by atoms with Crippen LogP contribution in [0.25, 0.3) is 0 Å². The SMILES string of the molecule is C[C@H](OC(=O)c1cccc(S(=O)(=O)N(C)C)c1)C(=O)Nc1ccc(C(N)=O)cc1. The molecule has 2 amide bonds. The molecule has 154 valence electrons. The molecule has 0 radical (unpaired) electrons. The first-order chi connectivity index (χ1) is 13.5. The molecule has 9 nitrogen and oxygen atoms in total. The van der Waals surface area contributed by atoms with Crippen LogP contribution < -0.4 is 11.1 Å². The smallest absolute Gasteiger partial charge is 0.338 e. The predicted octanol–water partition coefficient (Wildman–Crippen LogP) is 1.22. The van der Waals surface area contributed by atoms with Gasteiger partial charge in [-0.05, 0) is 49.4 Å². The third kappa shape index (κ3) is 5.39. The molecule has 0 saturated carbocycles. The van der Waals surface area contributed by atoms with E-state index in [1.54, 1.807) is 0 Å². The Morgan fingerprint density at radius 1 is 1.03 bits per heavy atom. The predicted molar refractivity (Wildman–Crippen MR) is 106 cm³/mol. The van der Waals surface area contributed by atoms with Crippen LogP contribution in [0.2, 0.25) is 0 Å². The average molecular weight is 419 g/mol. The zero-order valence-electron chi connectivity index (χ0n) is 16.1. The molecule has 0 saturated heterocycles. The van der Waals surface area contributed by atoms with Gasteiger partial charge in [0.25, 0.3) is 5.91 Å². The molecule has 2 rings (SSSR count). The normalized spacial score (nSPS) is 12.3. The lowest BCUT2D eigenvalue weighted by atomic mass is 10.2. The van der Waals surface area contributed by atoms with Crippen LogP contribution in [0.3, 0.4) is 0 Å². The number of nitrogens with zero attached hydrogens (tertiary/aromatic N) is 1. The van der Waals surface area contributed by atoms with Crippen LogP contribution in [0, 0.1) is 0 Å². The zero-order valence-corrected chi connectivity index (χ0v) is 16.9. The number of ether oxygens (including phenoxy) is 1. The highest BCUT2D eigenvalue weighted by molar-refractivity contribution is 7.89. The lowest BCUT2D eigenvalue weighted by Gasteiger charge is -2.15. The van der Waals surface area contributed by atoms with Gasteiger partial charge in [-0.15, -0.1) is 0 Å². The molecule has 3 N–H and O–H groups in total. The number of benzene rings is 2. The van der Waals surface area contributed by atoms with Gasteiger partial charge < -0.3 is 15.8 Å². The Morgan fingerprint density at radius 2 is 1.66 bits per heavy atom. The second kappa shape index (κ2) is 8.84. The lowest BCUT2D eigenvalue weighted by Crippen LogP contribution is -2.30. The highest BCUT2D eigenvalue weighted by atomic mass is 32.2. The van der Waals surface area contributed by atoms with Crippen molar-refractivity contribution in [2.75, 3.05) is 19.4 Å². The maximum absolute atomic E-state index is 12.3. The molecule has 0 spiro atoms.